The molecule has 1 saturated heterocycles. The van der Waals surface area contributed by atoms with Gasteiger partial charge in [-0.2, -0.15) is 0 Å². The minimum Gasteiger partial charge on any atom is -0.309 e. The lowest BCUT2D eigenvalue weighted by atomic mass is 10.0. The molecule has 2 aromatic rings. The SMILES string of the molecule is [2H]c1c([2H])c([2H])c(N(C(=O)CC([2H])([2H])[2H])C2CCN(C([2H])([2H])Cc3ccccc3)CC2)c([2H])c1[2H]. The molecule has 0 saturated carbocycles. The van der Waals surface area contributed by atoms with Gasteiger partial charge < -0.3 is 9.80 Å². The van der Waals surface area contributed by atoms with Gasteiger partial charge in [0.05, 0.1) is 6.85 Å². The molecule has 0 radical (unpaired) electrons. The second-order valence-corrected chi connectivity index (χ2v) is 5.95. The first-order valence-corrected chi connectivity index (χ1v) is 8.41. The van der Waals surface area contributed by atoms with E-state index in [1.807, 2.05) is 30.3 Å². The van der Waals surface area contributed by atoms with Crippen LogP contribution in [0.1, 0.15) is 45.4 Å². The maximum Gasteiger partial charge on any atom is 0.226 e. The highest BCUT2D eigenvalue weighted by atomic mass is 16.2. The number of carbonyl (C=O) groups excluding carboxylic acids is 1. The Bertz CT molecular complexity index is 1040. The maximum atomic E-state index is 13.1. The molecule has 3 nitrogen and oxygen atoms in total. The van der Waals surface area contributed by atoms with Gasteiger partial charge in [-0.05, 0) is 36.9 Å². The Morgan fingerprint density at radius 2 is 1.96 bits per heavy atom. The molecular formula is C22H28N2O. The number of hydrogen-bond acceptors (Lipinski definition) is 2. The number of aryl methyl sites for hydroxylation is 1. The Kier molecular flexibility index (Phi) is 3.17. The third-order valence-electron chi connectivity index (χ3n) is 4.33. The molecule has 1 heterocycles. The predicted octanol–water partition coefficient (Wildman–Crippen LogP) is 4.14. The molecule has 1 aliphatic rings. The summed E-state index contributed by atoms with van der Waals surface area (Å²) in [4.78, 5) is 15.8. The third-order valence-corrected chi connectivity index (χ3v) is 4.33. The van der Waals surface area contributed by atoms with Crippen LogP contribution in [0.5, 0.6) is 0 Å². The molecule has 132 valence electrons. The molecule has 1 fully saturated rings. The molecule has 1 amide bonds. The molecule has 2 aromatic carbocycles. The molecule has 1 aliphatic heterocycles. The molecule has 3 rings (SSSR count). The van der Waals surface area contributed by atoms with E-state index in [1.165, 1.54) is 0 Å². The molecule has 0 aliphatic carbocycles. The van der Waals surface area contributed by atoms with E-state index in [0.29, 0.717) is 0 Å². The minimum absolute atomic E-state index is 0.170. The van der Waals surface area contributed by atoms with E-state index >= 15 is 0 Å². The molecule has 25 heavy (non-hydrogen) atoms. The second kappa shape index (κ2) is 8.82. The van der Waals surface area contributed by atoms with E-state index in [2.05, 4.69) is 0 Å². The fraction of sp³-hybridized carbons (Fsp3) is 0.409. The van der Waals surface area contributed by atoms with E-state index in [1.54, 1.807) is 4.90 Å². The highest BCUT2D eigenvalue weighted by Gasteiger charge is 2.28. The van der Waals surface area contributed by atoms with Gasteiger partial charge in [-0.25, -0.2) is 0 Å². The average molecular weight is 347 g/mol. The van der Waals surface area contributed by atoms with Crippen molar-refractivity contribution >= 4 is 11.6 Å². The number of benzene rings is 2. The largest absolute Gasteiger partial charge is 0.309 e. The molecule has 3 heteroatoms. The van der Waals surface area contributed by atoms with Crippen molar-refractivity contribution in [2.24, 2.45) is 0 Å². The maximum absolute atomic E-state index is 13.1. The van der Waals surface area contributed by atoms with Crippen molar-refractivity contribution in [1.82, 2.24) is 4.90 Å². The normalized spacial score (nSPS) is 22.7. The molecule has 0 N–H and O–H groups in total. The zero-order valence-electron chi connectivity index (χ0n) is 24.0. The summed E-state index contributed by atoms with van der Waals surface area (Å²) in [6.45, 7) is -3.76. The number of anilines is 1. The van der Waals surface area contributed by atoms with Gasteiger partial charge in [-0.3, -0.25) is 4.79 Å². The van der Waals surface area contributed by atoms with E-state index in [0.717, 1.165) is 10.5 Å². The van der Waals surface area contributed by atoms with Crippen LogP contribution in [0.2, 0.25) is 0 Å². The fourth-order valence-corrected chi connectivity index (χ4v) is 3.04. The van der Waals surface area contributed by atoms with Crippen LogP contribution in [0.15, 0.2) is 60.5 Å². The van der Waals surface area contributed by atoms with E-state index in [4.69, 9.17) is 13.7 Å². The second-order valence-electron chi connectivity index (χ2n) is 5.95. The van der Waals surface area contributed by atoms with Crippen LogP contribution in [-0.2, 0) is 11.2 Å². The van der Waals surface area contributed by atoms with Crippen molar-refractivity contribution in [3.8, 4) is 0 Å². The van der Waals surface area contributed by atoms with E-state index < -0.39 is 61.9 Å². The van der Waals surface area contributed by atoms with Crippen LogP contribution in [0, 0.1) is 0 Å². The fourth-order valence-electron chi connectivity index (χ4n) is 3.04. The number of carbonyl (C=O) groups is 1. The van der Waals surface area contributed by atoms with Crippen molar-refractivity contribution in [3.63, 3.8) is 0 Å². The molecule has 0 unspecified atom stereocenters. The number of hydrogen-bond donors (Lipinski definition) is 0. The summed E-state index contributed by atoms with van der Waals surface area (Å²) in [6.07, 6.45) is -0.167. The van der Waals surface area contributed by atoms with Crippen molar-refractivity contribution in [1.29, 1.82) is 0 Å². The zero-order chi connectivity index (χ0) is 26.1. The number of para-hydroxylation sites is 1. The Morgan fingerprint density at radius 1 is 1.24 bits per heavy atom. The minimum atomic E-state index is -2.60. The van der Waals surface area contributed by atoms with Gasteiger partial charge in [0.1, 0.15) is 0 Å². The first-order chi connectivity index (χ1) is 16.2. The van der Waals surface area contributed by atoms with Gasteiger partial charge in [0.25, 0.3) is 0 Å². The van der Waals surface area contributed by atoms with Crippen LogP contribution in [0.3, 0.4) is 0 Å². The quantitative estimate of drug-likeness (QED) is 0.785. The van der Waals surface area contributed by atoms with E-state index in [-0.39, 0.29) is 38.0 Å². The van der Waals surface area contributed by atoms with Gasteiger partial charge in [0.2, 0.25) is 5.91 Å². The highest BCUT2D eigenvalue weighted by Crippen LogP contribution is 2.24. The van der Waals surface area contributed by atoms with Gasteiger partial charge >= 0.3 is 0 Å². The Morgan fingerprint density at radius 3 is 2.64 bits per heavy atom. The molecule has 0 bridgehead atoms. The van der Waals surface area contributed by atoms with Crippen LogP contribution in [-0.4, -0.2) is 36.4 Å². The van der Waals surface area contributed by atoms with Gasteiger partial charge in [-0.15, -0.1) is 0 Å². The van der Waals surface area contributed by atoms with Crippen molar-refractivity contribution < 1.29 is 18.5 Å². The Balaban J connectivity index is 1.89. The monoisotopic (exact) mass is 346 g/mol. The average Bonchev–Trinajstić information content (AvgIpc) is 2.78. The predicted molar refractivity (Wildman–Crippen MR) is 104 cm³/mol. The first kappa shape index (κ1) is 9.00. The molecule has 0 atom stereocenters. The zero-order valence-corrected chi connectivity index (χ0v) is 14.0. The van der Waals surface area contributed by atoms with E-state index in [9.17, 15) is 4.79 Å². The smallest absolute Gasteiger partial charge is 0.226 e. The summed E-state index contributed by atoms with van der Waals surface area (Å²) in [7, 11) is 0. The molecule has 0 aromatic heterocycles. The number of piperidine rings is 1. The lowest BCUT2D eigenvalue weighted by Crippen LogP contribution is -2.47. The number of likely N-dealkylation sites (tertiary alicyclic amines) is 1. The third kappa shape index (κ3) is 4.70. The van der Waals surface area contributed by atoms with Crippen LogP contribution in [0.4, 0.5) is 5.69 Å². The van der Waals surface area contributed by atoms with Gasteiger partial charge in [-0.1, -0.05) is 55.3 Å². The summed E-state index contributed by atoms with van der Waals surface area (Å²) >= 11 is 0. The number of rotatable bonds is 6. The van der Waals surface area contributed by atoms with Crippen LogP contribution in [0.25, 0.3) is 0 Å². The van der Waals surface area contributed by atoms with Gasteiger partial charge in [0, 0.05) is 44.6 Å². The summed E-state index contributed by atoms with van der Waals surface area (Å²) in [5.74, 6) is -0.853. The van der Waals surface area contributed by atoms with Crippen LogP contribution < -0.4 is 4.90 Å². The summed E-state index contributed by atoms with van der Waals surface area (Å²) in [6, 6.07) is 5.62. The van der Waals surface area contributed by atoms with Crippen molar-refractivity contribution in [2.45, 2.75) is 38.6 Å². The number of amides is 1. The summed E-state index contributed by atoms with van der Waals surface area (Å²) in [5.41, 5.74) is 0.504. The lowest BCUT2D eigenvalue weighted by molar-refractivity contribution is -0.119. The Labute approximate surface area is 165 Å². The first-order valence-electron chi connectivity index (χ1n) is 13.4. The van der Waals surface area contributed by atoms with Crippen molar-refractivity contribution in [2.75, 3.05) is 24.5 Å². The summed E-state index contributed by atoms with van der Waals surface area (Å²) in [5, 5.41) is 0. The Hall–Kier alpha value is -2.13. The van der Waals surface area contributed by atoms with Crippen molar-refractivity contribution in [3.05, 3.63) is 66.1 Å². The molecule has 0 spiro atoms. The molecular weight excluding hydrogens is 308 g/mol. The topological polar surface area (TPSA) is 23.6 Å². The standard InChI is InChI=1S/C22H28N2O/c1-2-22(25)24(20-11-7-4-8-12-20)21-14-17-23(18-15-21)16-13-19-9-5-3-6-10-19/h3-12,21H,2,13-18H2,1H3/i1D3,4D,7D,8D,11D,12D,16D2. The highest BCUT2D eigenvalue weighted by molar-refractivity contribution is 5.93. The lowest BCUT2D eigenvalue weighted by Gasteiger charge is -2.38. The van der Waals surface area contributed by atoms with Crippen LogP contribution >= 0.6 is 0 Å². The van der Waals surface area contributed by atoms with Gasteiger partial charge in [0.15, 0.2) is 0 Å². The summed E-state index contributed by atoms with van der Waals surface area (Å²) < 4.78 is 80.0. The number of nitrogens with zero attached hydrogens (tertiary/aromatic N) is 2.